The number of benzene rings is 10. The number of hydrogen-bond donors (Lipinski definition) is 0. The summed E-state index contributed by atoms with van der Waals surface area (Å²) in [6.07, 6.45) is 0. The molecule has 10 rings (SSSR count). The summed E-state index contributed by atoms with van der Waals surface area (Å²) in [5, 5.41) is 15.4. The first-order chi connectivity index (χ1) is 23.9. The molecule has 0 aliphatic rings. The molecular weight excluding hydrogens is 577 g/mol. The minimum absolute atomic E-state index is 1.23. The summed E-state index contributed by atoms with van der Waals surface area (Å²) in [6, 6.07) is 67.0. The van der Waals surface area contributed by atoms with Gasteiger partial charge in [0.1, 0.15) is 0 Å². The lowest BCUT2D eigenvalue weighted by Crippen LogP contribution is -1.94. The van der Waals surface area contributed by atoms with Gasteiger partial charge in [0.2, 0.25) is 0 Å². The molecular formula is C48H30. The summed E-state index contributed by atoms with van der Waals surface area (Å²) in [5.74, 6) is 0. The molecule has 0 heterocycles. The lowest BCUT2D eigenvalue weighted by atomic mass is 9.81. The predicted molar refractivity (Wildman–Crippen MR) is 208 cm³/mol. The molecule has 0 atom stereocenters. The Hall–Kier alpha value is -6.24. The Balaban J connectivity index is 1.40. The van der Waals surface area contributed by atoms with Crippen molar-refractivity contribution < 1.29 is 0 Å². The van der Waals surface area contributed by atoms with Crippen molar-refractivity contribution in [3.8, 4) is 33.4 Å². The molecule has 10 aromatic carbocycles. The van der Waals surface area contributed by atoms with Gasteiger partial charge in [0.25, 0.3) is 0 Å². The van der Waals surface area contributed by atoms with E-state index in [1.165, 1.54) is 98.0 Å². The molecule has 0 unspecified atom stereocenters. The van der Waals surface area contributed by atoms with E-state index in [9.17, 15) is 0 Å². The van der Waals surface area contributed by atoms with Crippen LogP contribution in [0.1, 0.15) is 0 Å². The van der Waals surface area contributed by atoms with Gasteiger partial charge in [-0.1, -0.05) is 176 Å². The third-order valence-corrected chi connectivity index (χ3v) is 10.2. The third-order valence-electron chi connectivity index (χ3n) is 10.2. The van der Waals surface area contributed by atoms with Gasteiger partial charge in [0.15, 0.2) is 0 Å². The SMILES string of the molecule is c1ccc(-c2ccccc2-c2c3ccccc3c(-c3cc4c5ccccc5c5ccccc5c4c4ccccc34)c3ccccc23)cc1. The summed E-state index contributed by atoms with van der Waals surface area (Å²) < 4.78 is 0. The molecule has 0 fully saturated rings. The lowest BCUT2D eigenvalue weighted by Gasteiger charge is -2.21. The zero-order chi connectivity index (χ0) is 31.6. The summed E-state index contributed by atoms with van der Waals surface area (Å²) >= 11 is 0. The largest absolute Gasteiger partial charge is 0.0622 e. The van der Waals surface area contributed by atoms with Crippen molar-refractivity contribution >= 4 is 64.6 Å². The molecule has 0 aliphatic carbocycles. The van der Waals surface area contributed by atoms with Gasteiger partial charge in [-0.15, -0.1) is 0 Å². The lowest BCUT2D eigenvalue weighted by molar-refractivity contribution is 1.61. The van der Waals surface area contributed by atoms with Crippen LogP contribution in [0.15, 0.2) is 182 Å². The van der Waals surface area contributed by atoms with Crippen LogP contribution in [0.25, 0.3) is 98.0 Å². The van der Waals surface area contributed by atoms with Crippen molar-refractivity contribution in [2.24, 2.45) is 0 Å². The average Bonchev–Trinajstić information content (AvgIpc) is 3.17. The van der Waals surface area contributed by atoms with Crippen LogP contribution >= 0.6 is 0 Å². The second kappa shape index (κ2) is 10.7. The summed E-state index contributed by atoms with van der Waals surface area (Å²) in [4.78, 5) is 0. The van der Waals surface area contributed by atoms with Crippen LogP contribution in [0.3, 0.4) is 0 Å². The molecule has 0 heteroatoms. The Morgan fingerprint density at radius 2 is 0.562 bits per heavy atom. The van der Waals surface area contributed by atoms with Crippen molar-refractivity contribution in [3.63, 3.8) is 0 Å². The van der Waals surface area contributed by atoms with E-state index in [2.05, 4.69) is 182 Å². The maximum absolute atomic E-state index is 2.48. The molecule has 0 bridgehead atoms. The highest BCUT2D eigenvalue weighted by Gasteiger charge is 2.21. The Kier molecular flexibility index (Phi) is 5.98. The normalized spacial score (nSPS) is 11.8. The van der Waals surface area contributed by atoms with Crippen LogP contribution in [-0.4, -0.2) is 0 Å². The van der Waals surface area contributed by atoms with E-state index in [4.69, 9.17) is 0 Å². The Bertz CT molecular complexity index is 2820. The molecule has 0 aromatic heterocycles. The zero-order valence-electron chi connectivity index (χ0n) is 26.3. The molecule has 0 amide bonds. The van der Waals surface area contributed by atoms with Crippen LogP contribution in [-0.2, 0) is 0 Å². The molecule has 0 nitrogen and oxygen atoms in total. The zero-order valence-corrected chi connectivity index (χ0v) is 26.3. The molecule has 0 radical (unpaired) electrons. The van der Waals surface area contributed by atoms with E-state index in [0.717, 1.165) is 0 Å². The van der Waals surface area contributed by atoms with Crippen molar-refractivity contribution in [2.75, 3.05) is 0 Å². The molecule has 0 spiro atoms. The van der Waals surface area contributed by atoms with Gasteiger partial charge >= 0.3 is 0 Å². The van der Waals surface area contributed by atoms with Gasteiger partial charge in [0, 0.05) is 0 Å². The van der Waals surface area contributed by atoms with Crippen LogP contribution in [0.5, 0.6) is 0 Å². The fourth-order valence-corrected chi connectivity index (χ4v) is 8.25. The topological polar surface area (TPSA) is 0 Å². The molecule has 0 saturated carbocycles. The van der Waals surface area contributed by atoms with Crippen LogP contribution in [0.2, 0.25) is 0 Å². The van der Waals surface area contributed by atoms with E-state index < -0.39 is 0 Å². The van der Waals surface area contributed by atoms with E-state index in [0.29, 0.717) is 0 Å². The minimum Gasteiger partial charge on any atom is -0.0622 e. The third kappa shape index (κ3) is 3.90. The van der Waals surface area contributed by atoms with Gasteiger partial charge in [-0.3, -0.25) is 0 Å². The van der Waals surface area contributed by atoms with E-state index in [1.807, 2.05) is 0 Å². The van der Waals surface area contributed by atoms with Gasteiger partial charge in [-0.25, -0.2) is 0 Å². The molecule has 48 heavy (non-hydrogen) atoms. The van der Waals surface area contributed by atoms with Crippen LogP contribution < -0.4 is 0 Å². The summed E-state index contributed by atoms with van der Waals surface area (Å²) in [5.41, 5.74) is 7.57. The van der Waals surface area contributed by atoms with Gasteiger partial charge in [-0.05, 0) is 104 Å². The highest BCUT2D eigenvalue weighted by molar-refractivity contribution is 6.34. The molecule has 0 aliphatic heterocycles. The minimum atomic E-state index is 1.23. The second-order valence-electron chi connectivity index (χ2n) is 12.7. The van der Waals surface area contributed by atoms with Crippen molar-refractivity contribution in [2.45, 2.75) is 0 Å². The molecule has 0 N–H and O–H groups in total. The van der Waals surface area contributed by atoms with Crippen molar-refractivity contribution in [1.82, 2.24) is 0 Å². The van der Waals surface area contributed by atoms with Gasteiger partial charge in [-0.2, -0.15) is 0 Å². The van der Waals surface area contributed by atoms with Crippen molar-refractivity contribution in [1.29, 1.82) is 0 Å². The highest BCUT2D eigenvalue weighted by atomic mass is 14.2. The number of rotatable bonds is 3. The van der Waals surface area contributed by atoms with E-state index >= 15 is 0 Å². The average molecular weight is 607 g/mol. The van der Waals surface area contributed by atoms with Crippen molar-refractivity contribution in [3.05, 3.63) is 182 Å². The summed E-state index contributed by atoms with van der Waals surface area (Å²) in [7, 11) is 0. The standard InChI is InChI=1S/C48H30/c1-2-16-31(17-3-1)32-18-4-9-23-37(32)46-40-26-12-14-28-42(40)48(43-29-15-13-27-41(43)46)45-30-44-35-21-6-5-19-33(35)34-20-7-10-24-38(34)47(44)39-25-11-8-22-36(39)45/h1-30H. The molecule has 0 saturated heterocycles. The van der Waals surface area contributed by atoms with Gasteiger partial charge < -0.3 is 0 Å². The predicted octanol–water partition coefficient (Wildman–Crippen LogP) is 13.6. The Morgan fingerprint density at radius 3 is 1.12 bits per heavy atom. The summed E-state index contributed by atoms with van der Waals surface area (Å²) in [6.45, 7) is 0. The Morgan fingerprint density at radius 1 is 0.208 bits per heavy atom. The first-order valence-corrected chi connectivity index (χ1v) is 16.7. The Labute approximate surface area is 279 Å². The molecule has 222 valence electrons. The first-order valence-electron chi connectivity index (χ1n) is 16.7. The number of hydrogen-bond acceptors (Lipinski definition) is 0. The number of fused-ring (bicyclic) bond motifs is 10. The van der Waals surface area contributed by atoms with E-state index in [-0.39, 0.29) is 0 Å². The highest BCUT2D eigenvalue weighted by Crippen LogP contribution is 2.49. The van der Waals surface area contributed by atoms with Gasteiger partial charge in [0.05, 0.1) is 0 Å². The second-order valence-corrected chi connectivity index (χ2v) is 12.7. The van der Waals surface area contributed by atoms with E-state index in [1.54, 1.807) is 0 Å². The maximum Gasteiger partial charge on any atom is -0.00199 e. The quantitative estimate of drug-likeness (QED) is 0.139. The fraction of sp³-hybridized carbons (Fsp3) is 0. The fourth-order valence-electron chi connectivity index (χ4n) is 8.25. The van der Waals surface area contributed by atoms with Crippen LogP contribution in [0.4, 0.5) is 0 Å². The monoisotopic (exact) mass is 606 g/mol. The smallest absolute Gasteiger partial charge is 0.00199 e. The van der Waals surface area contributed by atoms with Crippen LogP contribution in [0, 0.1) is 0 Å². The maximum atomic E-state index is 2.48. The first kappa shape index (κ1) is 26.9. The molecule has 10 aromatic rings.